The van der Waals surface area contributed by atoms with E-state index in [1.807, 2.05) is 35.2 Å². The summed E-state index contributed by atoms with van der Waals surface area (Å²) in [6.45, 7) is 3.27. The molecule has 1 aromatic heterocycles. The highest BCUT2D eigenvalue weighted by molar-refractivity contribution is 5.99. The molecule has 1 aromatic carbocycles. The summed E-state index contributed by atoms with van der Waals surface area (Å²) in [4.78, 5) is 20.8. The number of hydrogen-bond acceptors (Lipinski definition) is 4. The van der Waals surface area contributed by atoms with Gasteiger partial charge in [-0.2, -0.15) is 0 Å². The second-order valence-corrected chi connectivity index (χ2v) is 5.21. The zero-order chi connectivity index (χ0) is 14.1. The summed E-state index contributed by atoms with van der Waals surface area (Å²) < 4.78 is 0. The number of rotatable bonds is 1. The molecule has 1 aliphatic heterocycles. The minimum Gasteiger partial charge on any atom is -0.383 e. The molecule has 0 saturated carbocycles. The quantitative estimate of drug-likeness (QED) is 0.846. The first-order chi connectivity index (χ1) is 9.65. The molecule has 1 saturated heterocycles. The molecule has 0 atom stereocenters. The Labute approximate surface area is 118 Å². The number of fused-ring (bicyclic) bond motifs is 1. The van der Waals surface area contributed by atoms with Gasteiger partial charge in [0.05, 0.1) is 0 Å². The fourth-order valence-electron chi connectivity index (χ4n) is 2.51. The van der Waals surface area contributed by atoms with Gasteiger partial charge in [-0.05, 0) is 18.5 Å². The van der Waals surface area contributed by atoms with Gasteiger partial charge in [-0.15, -0.1) is 0 Å². The maximum absolute atomic E-state index is 12.5. The minimum atomic E-state index is -0.0319. The highest BCUT2D eigenvalue weighted by Gasteiger charge is 2.22. The molecule has 1 amide bonds. The first-order valence-corrected chi connectivity index (χ1v) is 6.78. The maximum atomic E-state index is 12.5. The average molecular weight is 270 g/mol. The molecule has 2 heterocycles. The van der Waals surface area contributed by atoms with E-state index in [9.17, 15) is 4.79 Å². The van der Waals surface area contributed by atoms with Crippen LogP contribution >= 0.6 is 0 Å². The number of carbonyl (C=O) groups excluding carboxylic acids is 1. The largest absolute Gasteiger partial charge is 0.383 e. The first-order valence-electron chi connectivity index (χ1n) is 6.78. The Morgan fingerprint density at radius 1 is 1.20 bits per heavy atom. The van der Waals surface area contributed by atoms with Crippen molar-refractivity contribution >= 4 is 22.5 Å². The van der Waals surface area contributed by atoms with Crippen LogP contribution in [0.2, 0.25) is 0 Å². The van der Waals surface area contributed by atoms with E-state index in [0.29, 0.717) is 11.5 Å². The van der Waals surface area contributed by atoms with Gasteiger partial charge in [0.2, 0.25) is 0 Å². The third-order valence-corrected chi connectivity index (χ3v) is 3.78. The summed E-state index contributed by atoms with van der Waals surface area (Å²) in [5, 5.41) is 1.85. The molecule has 0 unspecified atom stereocenters. The molecule has 5 heteroatoms. The second-order valence-electron chi connectivity index (χ2n) is 5.21. The number of benzene rings is 1. The van der Waals surface area contributed by atoms with Crippen LogP contribution < -0.4 is 5.73 Å². The minimum absolute atomic E-state index is 0.0319. The number of nitrogen functional groups attached to an aromatic ring is 1. The van der Waals surface area contributed by atoms with Crippen molar-refractivity contribution in [3.63, 3.8) is 0 Å². The van der Waals surface area contributed by atoms with Crippen molar-refractivity contribution in [3.8, 4) is 0 Å². The molecule has 1 aliphatic rings. The monoisotopic (exact) mass is 270 g/mol. The Hall–Kier alpha value is -2.14. The SMILES string of the molecule is CN1CCN(C(=O)c2cc3ccccc3c(N)n2)CC1. The Morgan fingerprint density at radius 2 is 1.90 bits per heavy atom. The van der Waals surface area contributed by atoms with Crippen LogP contribution in [0.3, 0.4) is 0 Å². The van der Waals surface area contributed by atoms with E-state index < -0.39 is 0 Å². The van der Waals surface area contributed by atoms with Crippen LogP contribution in [0.1, 0.15) is 10.5 Å². The third kappa shape index (κ3) is 2.32. The van der Waals surface area contributed by atoms with Gasteiger partial charge in [-0.3, -0.25) is 4.79 Å². The van der Waals surface area contributed by atoms with E-state index in [0.717, 1.165) is 37.0 Å². The Morgan fingerprint density at radius 3 is 2.65 bits per heavy atom. The summed E-state index contributed by atoms with van der Waals surface area (Å²) in [6.07, 6.45) is 0. The van der Waals surface area contributed by atoms with E-state index in [4.69, 9.17) is 5.73 Å². The summed E-state index contributed by atoms with van der Waals surface area (Å²) in [7, 11) is 2.06. The van der Waals surface area contributed by atoms with E-state index >= 15 is 0 Å². The predicted octanol–water partition coefficient (Wildman–Crippen LogP) is 1.20. The summed E-state index contributed by atoms with van der Waals surface area (Å²) in [5.41, 5.74) is 6.39. The summed E-state index contributed by atoms with van der Waals surface area (Å²) >= 11 is 0. The average Bonchev–Trinajstić information content (AvgIpc) is 2.47. The van der Waals surface area contributed by atoms with Gasteiger partial charge in [0.15, 0.2) is 0 Å². The molecule has 0 bridgehead atoms. The Kier molecular flexibility index (Phi) is 3.28. The van der Waals surface area contributed by atoms with Gasteiger partial charge in [0.1, 0.15) is 11.5 Å². The van der Waals surface area contributed by atoms with Crippen molar-refractivity contribution in [3.05, 3.63) is 36.0 Å². The van der Waals surface area contributed by atoms with E-state index in [1.54, 1.807) is 0 Å². The first kappa shape index (κ1) is 12.9. The van der Waals surface area contributed by atoms with Crippen molar-refractivity contribution in [2.75, 3.05) is 39.0 Å². The fourth-order valence-corrected chi connectivity index (χ4v) is 2.51. The smallest absolute Gasteiger partial charge is 0.272 e. The number of nitrogens with two attached hydrogens (primary N) is 1. The molecule has 0 aliphatic carbocycles. The number of aromatic nitrogens is 1. The van der Waals surface area contributed by atoms with Gasteiger partial charge in [-0.25, -0.2) is 4.98 Å². The lowest BCUT2D eigenvalue weighted by atomic mass is 10.1. The number of hydrogen-bond donors (Lipinski definition) is 1. The van der Waals surface area contributed by atoms with E-state index in [1.165, 1.54) is 0 Å². The topological polar surface area (TPSA) is 62.5 Å². The number of anilines is 1. The number of likely N-dealkylation sites (N-methyl/N-ethyl adjacent to an activating group) is 1. The molecule has 2 aromatic rings. The van der Waals surface area contributed by atoms with Crippen molar-refractivity contribution in [1.29, 1.82) is 0 Å². The lowest BCUT2D eigenvalue weighted by molar-refractivity contribution is 0.0658. The summed E-state index contributed by atoms with van der Waals surface area (Å²) in [5.74, 6) is 0.385. The zero-order valence-electron chi connectivity index (χ0n) is 11.5. The number of carbonyl (C=O) groups is 1. The molecule has 0 spiro atoms. The third-order valence-electron chi connectivity index (χ3n) is 3.78. The summed E-state index contributed by atoms with van der Waals surface area (Å²) in [6, 6.07) is 9.55. The molecule has 1 fully saturated rings. The fraction of sp³-hybridized carbons (Fsp3) is 0.333. The second kappa shape index (κ2) is 5.09. The van der Waals surface area contributed by atoms with Gasteiger partial charge in [0.25, 0.3) is 5.91 Å². The highest BCUT2D eigenvalue weighted by atomic mass is 16.2. The normalized spacial score (nSPS) is 16.6. The van der Waals surface area contributed by atoms with Crippen LogP contribution in [0, 0.1) is 0 Å². The number of amides is 1. The highest BCUT2D eigenvalue weighted by Crippen LogP contribution is 2.21. The Bertz CT molecular complexity index is 647. The van der Waals surface area contributed by atoms with E-state index in [2.05, 4.69) is 16.9 Å². The van der Waals surface area contributed by atoms with Gasteiger partial charge in [0, 0.05) is 31.6 Å². The number of nitrogens with zero attached hydrogens (tertiary/aromatic N) is 3. The van der Waals surface area contributed by atoms with Crippen LogP contribution in [0.5, 0.6) is 0 Å². The molecular weight excluding hydrogens is 252 g/mol. The van der Waals surface area contributed by atoms with Crippen molar-refractivity contribution in [2.24, 2.45) is 0 Å². The lowest BCUT2D eigenvalue weighted by Gasteiger charge is -2.32. The van der Waals surface area contributed by atoms with Gasteiger partial charge >= 0.3 is 0 Å². The van der Waals surface area contributed by atoms with Crippen LogP contribution in [0.4, 0.5) is 5.82 Å². The molecule has 5 nitrogen and oxygen atoms in total. The van der Waals surface area contributed by atoms with Crippen molar-refractivity contribution in [1.82, 2.24) is 14.8 Å². The van der Waals surface area contributed by atoms with E-state index in [-0.39, 0.29) is 5.91 Å². The van der Waals surface area contributed by atoms with Crippen LogP contribution in [0.15, 0.2) is 30.3 Å². The maximum Gasteiger partial charge on any atom is 0.272 e. The van der Waals surface area contributed by atoms with Gasteiger partial charge < -0.3 is 15.5 Å². The standard InChI is InChI=1S/C15H18N4O/c1-18-6-8-19(9-7-18)15(20)13-10-11-4-2-3-5-12(11)14(16)17-13/h2-5,10H,6-9H2,1H3,(H2,16,17). The lowest BCUT2D eigenvalue weighted by Crippen LogP contribution is -2.47. The van der Waals surface area contributed by atoms with Crippen molar-refractivity contribution in [2.45, 2.75) is 0 Å². The molecule has 20 heavy (non-hydrogen) atoms. The van der Waals surface area contributed by atoms with Crippen LogP contribution in [-0.4, -0.2) is 53.9 Å². The molecule has 3 rings (SSSR count). The zero-order valence-corrected chi connectivity index (χ0v) is 11.5. The van der Waals surface area contributed by atoms with Gasteiger partial charge in [-0.1, -0.05) is 24.3 Å². The Balaban J connectivity index is 1.92. The molecule has 104 valence electrons. The molecule has 0 radical (unpaired) electrons. The molecule has 2 N–H and O–H groups in total. The predicted molar refractivity (Wildman–Crippen MR) is 79.6 cm³/mol. The van der Waals surface area contributed by atoms with Crippen LogP contribution in [0.25, 0.3) is 10.8 Å². The molecular formula is C15H18N4O. The van der Waals surface area contributed by atoms with Crippen molar-refractivity contribution < 1.29 is 4.79 Å². The number of piperazine rings is 1. The van der Waals surface area contributed by atoms with Crippen LogP contribution in [-0.2, 0) is 0 Å². The number of pyridine rings is 1.